The predicted octanol–water partition coefficient (Wildman–Crippen LogP) is 2.66. The molecule has 2 aromatic rings. The number of benzene rings is 1. The van der Waals surface area contributed by atoms with E-state index in [1.54, 1.807) is 19.2 Å². The molecule has 0 bridgehead atoms. The summed E-state index contributed by atoms with van der Waals surface area (Å²) < 4.78 is 18.4. The van der Waals surface area contributed by atoms with Gasteiger partial charge in [0.1, 0.15) is 11.4 Å². The molecule has 6 heteroatoms. The lowest BCUT2D eigenvalue weighted by Crippen LogP contribution is -2.21. The molecule has 0 aliphatic carbocycles. The van der Waals surface area contributed by atoms with Gasteiger partial charge in [0.2, 0.25) is 5.43 Å². The largest absolute Gasteiger partial charge is 0.462 e. The van der Waals surface area contributed by atoms with Crippen molar-refractivity contribution in [1.82, 2.24) is 4.98 Å². The number of hydrogen-bond donors (Lipinski definition) is 1. The van der Waals surface area contributed by atoms with Crippen molar-refractivity contribution in [2.45, 2.75) is 13.3 Å². The highest BCUT2D eigenvalue weighted by Crippen LogP contribution is 2.23. The van der Waals surface area contributed by atoms with E-state index in [1.807, 2.05) is 0 Å². The molecule has 5 nitrogen and oxygen atoms in total. The predicted molar refractivity (Wildman–Crippen MR) is 81.6 cm³/mol. The van der Waals surface area contributed by atoms with Crippen LogP contribution >= 0.6 is 0 Å². The second-order valence-electron chi connectivity index (χ2n) is 4.75. The molecule has 3 rings (SSSR count). The Morgan fingerprint density at radius 3 is 2.95 bits per heavy atom. The molecule has 0 atom stereocenters. The van der Waals surface area contributed by atoms with E-state index in [4.69, 9.17) is 4.74 Å². The van der Waals surface area contributed by atoms with Gasteiger partial charge in [0.15, 0.2) is 0 Å². The molecule has 0 saturated carbocycles. The monoisotopic (exact) mass is 300 g/mol. The van der Waals surface area contributed by atoms with Crippen molar-refractivity contribution in [3.8, 4) is 0 Å². The number of fused-ring (bicyclic) bond motifs is 1. The van der Waals surface area contributed by atoms with E-state index in [-0.39, 0.29) is 17.6 Å². The molecule has 0 saturated heterocycles. The highest BCUT2D eigenvalue weighted by Gasteiger charge is 2.23. The number of aromatic nitrogens is 1. The molecule has 22 heavy (non-hydrogen) atoms. The first-order valence-corrected chi connectivity index (χ1v) is 6.87. The summed E-state index contributed by atoms with van der Waals surface area (Å²) in [4.78, 5) is 31.9. The van der Waals surface area contributed by atoms with Gasteiger partial charge in [-0.25, -0.2) is 9.18 Å². The quantitative estimate of drug-likeness (QED) is 0.886. The van der Waals surface area contributed by atoms with Crippen molar-refractivity contribution in [2.75, 3.05) is 6.61 Å². The van der Waals surface area contributed by atoms with Gasteiger partial charge in [-0.05, 0) is 25.1 Å². The van der Waals surface area contributed by atoms with E-state index in [0.717, 1.165) is 6.07 Å². The van der Waals surface area contributed by atoms with Crippen LogP contribution in [0.3, 0.4) is 0 Å². The number of ether oxygens (including phenoxy) is 1. The zero-order valence-electron chi connectivity index (χ0n) is 11.9. The normalized spacial score (nSPS) is 13.5. The maximum atomic E-state index is 13.4. The van der Waals surface area contributed by atoms with Crippen molar-refractivity contribution >= 4 is 28.8 Å². The van der Waals surface area contributed by atoms with Crippen molar-refractivity contribution in [2.24, 2.45) is 4.99 Å². The summed E-state index contributed by atoms with van der Waals surface area (Å²) in [5.74, 6) is -1.29. The van der Waals surface area contributed by atoms with Gasteiger partial charge in [-0.15, -0.1) is 0 Å². The van der Waals surface area contributed by atoms with E-state index in [1.165, 1.54) is 12.1 Å². The number of hydrogen-bond acceptors (Lipinski definition) is 4. The van der Waals surface area contributed by atoms with Crippen LogP contribution in [0.25, 0.3) is 16.6 Å². The number of aromatic amines is 1. The van der Waals surface area contributed by atoms with Crippen molar-refractivity contribution < 1.29 is 13.9 Å². The van der Waals surface area contributed by atoms with Gasteiger partial charge >= 0.3 is 5.97 Å². The zero-order valence-corrected chi connectivity index (χ0v) is 11.9. The lowest BCUT2D eigenvalue weighted by molar-refractivity contribution is 0.0524. The average molecular weight is 300 g/mol. The summed E-state index contributed by atoms with van der Waals surface area (Å²) in [6, 6.07) is 3.81. The smallest absolute Gasteiger partial charge is 0.344 e. The summed E-state index contributed by atoms with van der Waals surface area (Å²) in [6.45, 7) is 1.79. The SMILES string of the molecule is CCOC(=O)c1c(C2=CCC=N2)[nH]c2ccc(F)cc2c1=O. The molecule has 112 valence electrons. The zero-order chi connectivity index (χ0) is 15.7. The number of nitrogens with one attached hydrogen (secondary N) is 1. The minimum absolute atomic E-state index is 0.106. The van der Waals surface area contributed by atoms with Crippen molar-refractivity contribution in [3.63, 3.8) is 0 Å². The molecule has 0 radical (unpaired) electrons. The maximum absolute atomic E-state index is 13.4. The lowest BCUT2D eigenvalue weighted by Gasteiger charge is -2.10. The molecule has 0 fully saturated rings. The highest BCUT2D eigenvalue weighted by molar-refractivity contribution is 5.99. The van der Waals surface area contributed by atoms with Crippen LogP contribution in [-0.2, 0) is 4.74 Å². The Labute approximate surface area is 125 Å². The topological polar surface area (TPSA) is 71.5 Å². The third-order valence-electron chi connectivity index (χ3n) is 3.35. The Hall–Kier alpha value is -2.76. The van der Waals surface area contributed by atoms with Crippen molar-refractivity contribution in [3.05, 3.63) is 51.6 Å². The number of H-pyrrole nitrogens is 1. The average Bonchev–Trinajstić information content (AvgIpc) is 3.02. The molecule has 1 aromatic carbocycles. The first kappa shape index (κ1) is 14.2. The van der Waals surface area contributed by atoms with Crippen LogP contribution in [0, 0.1) is 5.82 Å². The highest BCUT2D eigenvalue weighted by atomic mass is 19.1. The summed E-state index contributed by atoms with van der Waals surface area (Å²) in [6.07, 6.45) is 4.10. The van der Waals surface area contributed by atoms with E-state index < -0.39 is 17.2 Å². The molecule has 1 aliphatic heterocycles. The third-order valence-corrected chi connectivity index (χ3v) is 3.35. The van der Waals surface area contributed by atoms with E-state index in [2.05, 4.69) is 9.98 Å². The number of rotatable bonds is 3. The fraction of sp³-hybridized carbons (Fsp3) is 0.188. The molecular formula is C16H13FN2O3. The summed E-state index contributed by atoms with van der Waals surface area (Å²) >= 11 is 0. The van der Waals surface area contributed by atoms with Crippen LogP contribution in [0.15, 0.2) is 34.1 Å². The maximum Gasteiger partial charge on any atom is 0.344 e. The van der Waals surface area contributed by atoms with Crippen LogP contribution in [0.5, 0.6) is 0 Å². The van der Waals surface area contributed by atoms with Crippen molar-refractivity contribution in [1.29, 1.82) is 0 Å². The number of esters is 1. The first-order valence-electron chi connectivity index (χ1n) is 6.87. The number of carbonyl (C=O) groups excluding carboxylic acids is 1. The Bertz CT molecular complexity index is 881. The van der Waals surface area contributed by atoms with Gasteiger partial charge in [0.05, 0.1) is 23.5 Å². The number of halogens is 1. The molecule has 2 heterocycles. The Morgan fingerprint density at radius 1 is 1.45 bits per heavy atom. The van der Waals surface area contributed by atoms with Gasteiger partial charge < -0.3 is 9.72 Å². The Balaban J connectivity index is 2.34. The van der Waals surface area contributed by atoms with Gasteiger partial charge in [-0.2, -0.15) is 0 Å². The standard InChI is InChI=1S/C16H13FN2O3/c1-2-22-16(21)13-14(12-4-3-7-18-12)19-11-6-5-9(17)8-10(11)15(13)20/h4-8H,2-3H2,1H3,(H,19,20). The summed E-state index contributed by atoms with van der Waals surface area (Å²) in [7, 11) is 0. The summed E-state index contributed by atoms with van der Waals surface area (Å²) in [5, 5.41) is 0.106. The van der Waals surface area contributed by atoms with Gasteiger partial charge in [0, 0.05) is 18.0 Å². The molecule has 1 N–H and O–H groups in total. The van der Waals surface area contributed by atoms with Crippen LogP contribution in [0.4, 0.5) is 4.39 Å². The first-order chi connectivity index (χ1) is 10.6. The minimum Gasteiger partial charge on any atom is -0.462 e. The van der Waals surface area contributed by atoms with E-state index in [0.29, 0.717) is 23.3 Å². The van der Waals surface area contributed by atoms with Crippen LogP contribution < -0.4 is 5.43 Å². The Kier molecular flexibility index (Phi) is 3.58. The van der Waals surface area contributed by atoms with E-state index >= 15 is 0 Å². The van der Waals surface area contributed by atoms with E-state index in [9.17, 15) is 14.0 Å². The van der Waals surface area contributed by atoms with Gasteiger partial charge in [-0.1, -0.05) is 6.08 Å². The molecular weight excluding hydrogens is 287 g/mol. The van der Waals surface area contributed by atoms with Gasteiger partial charge in [-0.3, -0.25) is 9.79 Å². The number of pyridine rings is 1. The third kappa shape index (κ3) is 2.32. The van der Waals surface area contributed by atoms with Gasteiger partial charge in [0.25, 0.3) is 0 Å². The van der Waals surface area contributed by atoms with Crippen LogP contribution in [0.2, 0.25) is 0 Å². The molecule has 1 aliphatic rings. The minimum atomic E-state index is -0.743. The van der Waals surface area contributed by atoms with Crippen LogP contribution in [-0.4, -0.2) is 23.8 Å². The van der Waals surface area contributed by atoms with Crippen LogP contribution in [0.1, 0.15) is 29.4 Å². The molecule has 0 unspecified atom stereocenters. The number of nitrogens with zero attached hydrogens (tertiary/aromatic N) is 1. The summed E-state index contributed by atoms with van der Waals surface area (Å²) in [5.41, 5.74) is 0.537. The fourth-order valence-electron chi connectivity index (χ4n) is 2.38. The number of aliphatic imine (C=N–C) groups is 1. The molecule has 0 spiro atoms. The molecule has 1 aromatic heterocycles. The lowest BCUT2D eigenvalue weighted by atomic mass is 10.1. The molecule has 0 amide bonds. The number of allylic oxidation sites excluding steroid dienone is 1. The second kappa shape index (κ2) is 5.55. The number of carbonyl (C=O) groups is 1. The second-order valence-corrected chi connectivity index (χ2v) is 4.75. The Morgan fingerprint density at radius 2 is 2.27 bits per heavy atom. The fourth-order valence-corrected chi connectivity index (χ4v) is 2.38.